The van der Waals surface area contributed by atoms with E-state index < -0.39 is 15.8 Å². The average Bonchev–Trinajstić information content (AvgIpc) is 2.99. The monoisotopic (exact) mass is 596 g/mol. The van der Waals surface area contributed by atoms with E-state index in [1.165, 1.54) is 34.5 Å². The lowest BCUT2D eigenvalue weighted by atomic mass is 9.96. The third-order valence-corrected chi connectivity index (χ3v) is 8.51. The maximum Gasteiger partial charge on any atom is 0.336 e. The molecule has 0 bridgehead atoms. The van der Waals surface area contributed by atoms with Crippen LogP contribution in [0, 0.1) is 0 Å². The molecule has 1 fully saturated rings. The molecule has 10 nitrogen and oxygen atoms in total. The molecule has 1 aliphatic heterocycles. The number of ether oxygens (including phenoxy) is 4. The molecule has 1 aliphatic rings. The molecule has 11 heteroatoms. The van der Waals surface area contributed by atoms with Crippen molar-refractivity contribution in [1.82, 2.24) is 4.90 Å². The second kappa shape index (κ2) is 13.2. The third kappa shape index (κ3) is 6.97. The number of aromatic carboxylic acids is 1. The van der Waals surface area contributed by atoms with Gasteiger partial charge in [-0.3, -0.25) is 0 Å². The highest BCUT2D eigenvalue weighted by molar-refractivity contribution is 7.93. The number of benzene rings is 3. The van der Waals surface area contributed by atoms with Crippen molar-refractivity contribution >= 4 is 27.6 Å². The number of carboxylic acid groups (broad SMARTS) is 1. The molecule has 4 rings (SSSR count). The van der Waals surface area contributed by atoms with Gasteiger partial charge in [0.1, 0.15) is 23.0 Å². The van der Waals surface area contributed by atoms with E-state index in [-0.39, 0.29) is 11.3 Å². The fourth-order valence-corrected chi connectivity index (χ4v) is 5.99. The van der Waals surface area contributed by atoms with Gasteiger partial charge in [0.05, 0.1) is 45.3 Å². The van der Waals surface area contributed by atoms with Crippen LogP contribution >= 0.6 is 0 Å². The molecule has 1 N–H and O–H groups in total. The Bertz CT molecular complexity index is 1550. The number of carboxylic acids is 1. The van der Waals surface area contributed by atoms with Gasteiger partial charge in [0.2, 0.25) is 0 Å². The van der Waals surface area contributed by atoms with Crippen LogP contribution < -0.4 is 23.8 Å². The summed E-state index contributed by atoms with van der Waals surface area (Å²) in [4.78, 5) is 16.7. The molecule has 0 amide bonds. The Morgan fingerprint density at radius 2 is 1.48 bits per heavy atom. The molecule has 0 aromatic heterocycles. The molecule has 0 atom stereocenters. The number of hydrogen-bond acceptors (Lipinski definition) is 9. The fourth-order valence-electron chi connectivity index (χ4n) is 4.91. The number of likely N-dealkylation sites (N-methyl/N-ethyl adjacent to an activating group) is 1. The van der Waals surface area contributed by atoms with Crippen LogP contribution in [0.1, 0.15) is 21.5 Å². The summed E-state index contributed by atoms with van der Waals surface area (Å²) in [5.41, 5.74) is 2.88. The van der Waals surface area contributed by atoms with E-state index in [2.05, 4.69) is 16.8 Å². The van der Waals surface area contributed by atoms with Gasteiger partial charge in [-0.05, 0) is 49.0 Å². The van der Waals surface area contributed by atoms with Crippen molar-refractivity contribution in [3.63, 3.8) is 0 Å². The Balaban J connectivity index is 1.70. The van der Waals surface area contributed by atoms with E-state index in [0.29, 0.717) is 45.3 Å². The molecule has 0 aliphatic carbocycles. The van der Waals surface area contributed by atoms with Crippen LogP contribution in [-0.2, 0) is 15.6 Å². The molecule has 3 aromatic rings. The number of carbonyl (C=O) groups is 1. The van der Waals surface area contributed by atoms with E-state index in [9.17, 15) is 18.3 Å². The van der Waals surface area contributed by atoms with E-state index in [0.717, 1.165) is 37.3 Å². The van der Waals surface area contributed by atoms with Crippen molar-refractivity contribution in [2.24, 2.45) is 0 Å². The number of anilines is 1. The summed E-state index contributed by atoms with van der Waals surface area (Å²) in [5.74, 6) is 0.336. The Hall–Kier alpha value is -4.22. The molecule has 0 unspecified atom stereocenters. The van der Waals surface area contributed by atoms with Crippen LogP contribution in [-0.4, -0.2) is 86.1 Å². The first-order chi connectivity index (χ1) is 20.1. The standard InChI is InChI=1S/C31H36N2O8S/c1-32-11-13-33(14-12-32)22-7-8-24(31(34)35)26(17-22)27-16-21(6-9-28(27)39-3)20-42(36,37)15-10-25-29(40-4)18-23(38-2)19-30(25)41-5/h6-10,15-19H,11-14,20H2,1-5H3,(H,34,35). The number of nitrogens with zero attached hydrogens (tertiary/aromatic N) is 2. The summed E-state index contributed by atoms with van der Waals surface area (Å²) in [6.45, 7) is 3.42. The molecule has 42 heavy (non-hydrogen) atoms. The van der Waals surface area contributed by atoms with Gasteiger partial charge >= 0.3 is 5.97 Å². The first-order valence-corrected chi connectivity index (χ1v) is 15.0. The highest BCUT2D eigenvalue weighted by atomic mass is 32.2. The lowest BCUT2D eigenvalue weighted by molar-refractivity contribution is 0.0697. The maximum absolute atomic E-state index is 13.2. The van der Waals surface area contributed by atoms with Crippen molar-refractivity contribution in [3.05, 3.63) is 70.6 Å². The van der Waals surface area contributed by atoms with Crippen molar-refractivity contribution in [3.8, 4) is 34.1 Å². The summed E-state index contributed by atoms with van der Waals surface area (Å²) in [7, 11) is 4.26. The first kappa shape index (κ1) is 30.7. The number of sulfone groups is 1. The van der Waals surface area contributed by atoms with Crippen LogP contribution in [0.4, 0.5) is 5.69 Å². The van der Waals surface area contributed by atoms with Crippen LogP contribution in [0.3, 0.4) is 0 Å². The van der Waals surface area contributed by atoms with Gasteiger partial charge in [0, 0.05) is 60.5 Å². The first-order valence-electron chi connectivity index (χ1n) is 13.3. The molecule has 0 saturated carbocycles. The fraction of sp³-hybridized carbons (Fsp3) is 0.323. The minimum absolute atomic E-state index is 0.102. The van der Waals surface area contributed by atoms with Gasteiger partial charge in [0.15, 0.2) is 9.84 Å². The quantitative estimate of drug-likeness (QED) is 0.341. The molecule has 224 valence electrons. The smallest absolute Gasteiger partial charge is 0.336 e. The van der Waals surface area contributed by atoms with Crippen molar-refractivity contribution < 1.29 is 37.3 Å². The number of hydrogen-bond donors (Lipinski definition) is 1. The molecular weight excluding hydrogens is 560 g/mol. The van der Waals surface area contributed by atoms with Crippen molar-refractivity contribution in [2.75, 3.05) is 66.6 Å². The lowest BCUT2D eigenvalue weighted by Crippen LogP contribution is -2.44. The zero-order valence-corrected chi connectivity index (χ0v) is 25.2. The lowest BCUT2D eigenvalue weighted by Gasteiger charge is -2.34. The maximum atomic E-state index is 13.2. The molecule has 0 radical (unpaired) electrons. The summed E-state index contributed by atoms with van der Waals surface area (Å²) in [6.07, 6.45) is 1.43. The van der Waals surface area contributed by atoms with E-state index in [1.807, 2.05) is 12.1 Å². The Morgan fingerprint density at radius 3 is 2.05 bits per heavy atom. The number of rotatable bonds is 11. The topological polar surface area (TPSA) is 115 Å². The van der Waals surface area contributed by atoms with Gasteiger partial charge in [-0.15, -0.1) is 0 Å². The van der Waals surface area contributed by atoms with Crippen LogP contribution in [0.15, 0.2) is 53.9 Å². The van der Waals surface area contributed by atoms with E-state index in [1.54, 1.807) is 36.4 Å². The zero-order valence-electron chi connectivity index (χ0n) is 24.4. The second-order valence-electron chi connectivity index (χ2n) is 9.92. The van der Waals surface area contributed by atoms with E-state index in [4.69, 9.17) is 18.9 Å². The molecule has 1 saturated heterocycles. The van der Waals surface area contributed by atoms with Crippen molar-refractivity contribution in [2.45, 2.75) is 5.75 Å². The van der Waals surface area contributed by atoms with Gasteiger partial charge < -0.3 is 33.9 Å². The predicted octanol–water partition coefficient (Wildman–Crippen LogP) is 4.42. The number of methoxy groups -OCH3 is 4. The minimum atomic E-state index is -3.77. The number of piperazine rings is 1. The highest BCUT2D eigenvalue weighted by Gasteiger charge is 2.21. The Morgan fingerprint density at radius 1 is 0.833 bits per heavy atom. The Labute approximate surface area is 246 Å². The molecule has 1 heterocycles. The van der Waals surface area contributed by atoms with Crippen LogP contribution in [0.2, 0.25) is 0 Å². The second-order valence-corrected chi connectivity index (χ2v) is 11.8. The van der Waals surface area contributed by atoms with E-state index >= 15 is 0 Å². The third-order valence-electron chi connectivity index (χ3n) is 7.22. The minimum Gasteiger partial charge on any atom is -0.496 e. The van der Waals surface area contributed by atoms with Crippen LogP contribution in [0.5, 0.6) is 23.0 Å². The summed E-state index contributed by atoms with van der Waals surface area (Å²) >= 11 is 0. The molecule has 0 spiro atoms. The normalized spacial score (nSPS) is 14.2. The van der Waals surface area contributed by atoms with Gasteiger partial charge in [0.25, 0.3) is 0 Å². The summed E-state index contributed by atoms with van der Waals surface area (Å²) in [6, 6.07) is 13.5. The van der Waals surface area contributed by atoms with Crippen molar-refractivity contribution in [1.29, 1.82) is 0 Å². The van der Waals surface area contributed by atoms with Gasteiger partial charge in [-0.25, -0.2) is 13.2 Å². The predicted molar refractivity (Wildman–Crippen MR) is 163 cm³/mol. The molecule has 3 aromatic carbocycles. The van der Waals surface area contributed by atoms with Gasteiger partial charge in [-0.2, -0.15) is 0 Å². The summed E-state index contributed by atoms with van der Waals surface area (Å²) in [5, 5.41) is 11.1. The van der Waals surface area contributed by atoms with Gasteiger partial charge in [-0.1, -0.05) is 6.07 Å². The largest absolute Gasteiger partial charge is 0.496 e. The zero-order chi connectivity index (χ0) is 30.4. The average molecular weight is 597 g/mol. The van der Waals surface area contributed by atoms with Crippen LogP contribution in [0.25, 0.3) is 17.2 Å². The Kier molecular flexibility index (Phi) is 9.64. The highest BCUT2D eigenvalue weighted by Crippen LogP contribution is 2.38. The SMILES string of the molecule is COc1cc(OC)c(C=CS(=O)(=O)Cc2ccc(OC)c(-c3cc(N4CCN(C)CC4)ccc3C(=O)O)c2)c(OC)c1. The summed E-state index contributed by atoms with van der Waals surface area (Å²) < 4.78 is 48.1. The molecular formula is C31H36N2O8S.